The van der Waals surface area contributed by atoms with Gasteiger partial charge in [0.15, 0.2) is 0 Å². The Hall–Kier alpha value is -3.44. The minimum absolute atomic E-state index is 0.122. The average Bonchev–Trinajstić information content (AvgIpc) is 2.99. The smallest absolute Gasteiger partial charge is 0.255 e. The molecule has 3 aromatic carbocycles. The SMILES string of the molecule is CN(C)C(=O)c1ccc(CNC(=O)[C@@H]2c3ccccc3C(=O)N(C3CCCC[C@@H]3NS(C)(=O)=O)[C@H]2c2ccc(Cl)cc2Cl)cc1. The normalized spacial score (nSPS) is 21.6. The summed E-state index contributed by atoms with van der Waals surface area (Å²) in [5.41, 5.74) is 2.81. The highest BCUT2D eigenvalue weighted by atomic mass is 35.5. The number of rotatable bonds is 8. The molecular formula is C33H36Cl2N4O5S. The van der Waals surface area contributed by atoms with Crippen molar-refractivity contribution >= 4 is 50.9 Å². The Bertz CT molecular complexity index is 1710. The van der Waals surface area contributed by atoms with Crippen LogP contribution in [0.3, 0.4) is 0 Å². The largest absolute Gasteiger partial charge is 0.351 e. The first-order valence-electron chi connectivity index (χ1n) is 14.8. The zero-order valence-electron chi connectivity index (χ0n) is 25.3. The lowest BCUT2D eigenvalue weighted by molar-refractivity contribution is -0.124. The summed E-state index contributed by atoms with van der Waals surface area (Å²) >= 11 is 13.1. The van der Waals surface area contributed by atoms with Gasteiger partial charge in [-0.25, -0.2) is 13.1 Å². The lowest BCUT2D eigenvalue weighted by Crippen LogP contribution is -2.59. The third-order valence-corrected chi connectivity index (χ3v) is 9.76. The monoisotopic (exact) mass is 670 g/mol. The van der Waals surface area contributed by atoms with Crippen molar-refractivity contribution in [3.63, 3.8) is 0 Å². The molecule has 0 aromatic heterocycles. The van der Waals surface area contributed by atoms with Crippen molar-refractivity contribution in [1.29, 1.82) is 0 Å². The fraction of sp³-hybridized carbons (Fsp3) is 0.364. The number of carbonyl (C=O) groups excluding carboxylic acids is 3. The van der Waals surface area contributed by atoms with E-state index in [1.807, 2.05) is 0 Å². The molecule has 1 fully saturated rings. The second-order valence-electron chi connectivity index (χ2n) is 11.9. The first kappa shape index (κ1) is 32.9. The van der Waals surface area contributed by atoms with Gasteiger partial charge in [0.05, 0.1) is 18.2 Å². The van der Waals surface area contributed by atoms with E-state index in [1.54, 1.807) is 85.7 Å². The van der Waals surface area contributed by atoms with Crippen molar-refractivity contribution in [2.24, 2.45) is 0 Å². The third kappa shape index (κ3) is 7.19. The van der Waals surface area contributed by atoms with E-state index in [2.05, 4.69) is 10.0 Å². The summed E-state index contributed by atoms with van der Waals surface area (Å²) in [6.07, 6.45) is 3.81. The van der Waals surface area contributed by atoms with Crippen molar-refractivity contribution in [3.05, 3.63) is 105 Å². The van der Waals surface area contributed by atoms with Gasteiger partial charge in [-0.1, -0.05) is 72.4 Å². The standard InChI is InChI=1S/C33H36Cl2N4O5S/c1-38(2)32(41)21-14-12-20(13-15-21)19-36-31(40)29-23-8-4-5-9-24(23)33(42)39(30(29)25-17-16-22(34)18-26(25)35)28-11-7-6-10-27(28)37-45(3,43)44/h4-5,8-9,12-18,27-30,37H,6-7,10-11,19H2,1-3H3,(H,36,40)/t27-,28?,29+,30-/m0/s1. The predicted octanol–water partition coefficient (Wildman–Crippen LogP) is 5.15. The lowest BCUT2D eigenvalue weighted by atomic mass is 9.76. The Kier molecular flexibility index (Phi) is 9.88. The zero-order chi connectivity index (χ0) is 32.5. The van der Waals surface area contributed by atoms with E-state index in [-0.39, 0.29) is 24.3 Å². The topological polar surface area (TPSA) is 116 Å². The van der Waals surface area contributed by atoms with Crippen molar-refractivity contribution < 1.29 is 22.8 Å². The van der Waals surface area contributed by atoms with Crippen LogP contribution in [0.4, 0.5) is 0 Å². The van der Waals surface area contributed by atoms with Crippen LogP contribution in [0.2, 0.25) is 10.0 Å². The number of halogens is 2. The number of nitrogens with one attached hydrogen (secondary N) is 2. The first-order valence-corrected chi connectivity index (χ1v) is 17.4. The molecule has 2 aliphatic rings. The van der Waals surface area contributed by atoms with Crippen molar-refractivity contribution in [1.82, 2.24) is 19.8 Å². The van der Waals surface area contributed by atoms with E-state index in [0.29, 0.717) is 45.1 Å². The fourth-order valence-corrected chi connectivity index (χ4v) is 7.80. The Morgan fingerprint density at radius 2 is 1.64 bits per heavy atom. The summed E-state index contributed by atoms with van der Waals surface area (Å²) < 4.78 is 27.6. The number of carbonyl (C=O) groups is 3. The Balaban J connectivity index is 1.57. The van der Waals surface area contributed by atoms with Crippen LogP contribution in [0.25, 0.3) is 0 Å². The second-order valence-corrected chi connectivity index (χ2v) is 14.5. The number of amides is 3. The number of benzene rings is 3. The van der Waals surface area contributed by atoms with Gasteiger partial charge in [-0.2, -0.15) is 0 Å². The number of hydrogen-bond donors (Lipinski definition) is 2. The first-order chi connectivity index (χ1) is 21.4. The maximum absolute atomic E-state index is 14.4. The van der Waals surface area contributed by atoms with E-state index in [1.165, 1.54) is 4.90 Å². The summed E-state index contributed by atoms with van der Waals surface area (Å²) in [4.78, 5) is 44.2. The molecule has 9 nitrogen and oxygen atoms in total. The minimum atomic E-state index is -3.59. The third-order valence-electron chi connectivity index (χ3n) is 8.47. The molecule has 0 radical (unpaired) electrons. The van der Waals surface area contributed by atoms with Crippen LogP contribution in [-0.2, 0) is 21.4 Å². The number of nitrogens with zero attached hydrogens (tertiary/aromatic N) is 2. The zero-order valence-corrected chi connectivity index (χ0v) is 27.6. The summed E-state index contributed by atoms with van der Waals surface area (Å²) in [7, 11) is -0.220. The van der Waals surface area contributed by atoms with Crippen LogP contribution in [-0.4, -0.2) is 68.4 Å². The van der Waals surface area contributed by atoms with Gasteiger partial charge in [0.1, 0.15) is 0 Å². The Labute approximate surface area is 273 Å². The second kappa shape index (κ2) is 13.5. The molecule has 4 atom stereocenters. The van der Waals surface area contributed by atoms with Gasteiger partial charge < -0.3 is 15.1 Å². The quantitative estimate of drug-likeness (QED) is 0.344. The van der Waals surface area contributed by atoms with Crippen LogP contribution in [0.1, 0.15) is 75.0 Å². The highest BCUT2D eigenvalue weighted by Crippen LogP contribution is 2.47. The molecule has 0 spiro atoms. The molecule has 3 amide bonds. The molecule has 1 heterocycles. The molecular weight excluding hydrogens is 635 g/mol. The number of hydrogen-bond acceptors (Lipinski definition) is 5. The van der Waals surface area contributed by atoms with E-state index < -0.39 is 34.1 Å². The van der Waals surface area contributed by atoms with E-state index in [9.17, 15) is 22.8 Å². The summed E-state index contributed by atoms with van der Waals surface area (Å²) in [5.74, 6) is -1.61. The summed E-state index contributed by atoms with van der Waals surface area (Å²) in [6.45, 7) is 0.185. The average molecular weight is 672 g/mol. The molecule has 12 heteroatoms. The number of fused-ring (bicyclic) bond motifs is 1. The molecule has 1 saturated carbocycles. The van der Waals surface area contributed by atoms with Gasteiger partial charge >= 0.3 is 0 Å². The minimum Gasteiger partial charge on any atom is -0.351 e. The fourth-order valence-electron chi connectivity index (χ4n) is 6.45. The highest BCUT2D eigenvalue weighted by Gasteiger charge is 2.49. The molecule has 3 aromatic rings. The molecule has 238 valence electrons. The van der Waals surface area contributed by atoms with Crippen LogP contribution in [0, 0.1) is 0 Å². The highest BCUT2D eigenvalue weighted by molar-refractivity contribution is 7.88. The van der Waals surface area contributed by atoms with Gasteiger partial charge in [0.2, 0.25) is 15.9 Å². The van der Waals surface area contributed by atoms with Gasteiger partial charge in [0.25, 0.3) is 11.8 Å². The van der Waals surface area contributed by atoms with Crippen molar-refractivity contribution in [3.8, 4) is 0 Å². The molecule has 0 bridgehead atoms. The molecule has 2 N–H and O–H groups in total. The van der Waals surface area contributed by atoms with Gasteiger partial charge in [0, 0.05) is 53.9 Å². The maximum atomic E-state index is 14.4. The molecule has 1 aliphatic heterocycles. The van der Waals surface area contributed by atoms with Crippen LogP contribution < -0.4 is 10.0 Å². The summed E-state index contributed by atoms with van der Waals surface area (Å²) in [5, 5.41) is 3.75. The van der Waals surface area contributed by atoms with E-state index >= 15 is 0 Å². The van der Waals surface area contributed by atoms with Gasteiger partial charge in [-0.3, -0.25) is 14.4 Å². The molecule has 1 unspecified atom stereocenters. The van der Waals surface area contributed by atoms with E-state index in [4.69, 9.17) is 23.2 Å². The Morgan fingerprint density at radius 1 is 0.956 bits per heavy atom. The number of sulfonamides is 1. The lowest BCUT2D eigenvalue weighted by Gasteiger charge is -2.49. The molecule has 5 rings (SSSR count). The van der Waals surface area contributed by atoms with Gasteiger partial charge in [-0.05, 0) is 59.9 Å². The molecule has 0 saturated heterocycles. The van der Waals surface area contributed by atoms with E-state index in [0.717, 1.165) is 24.7 Å². The van der Waals surface area contributed by atoms with Crippen molar-refractivity contribution in [2.75, 3.05) is 20.4 Å². The molecule has 45 heavy (non-hydrogen) atoms. The van der Waals surface area contributed by atoms with Gasteiger partial charge in [-0.15, -0.1) is 0 Å². The predicted molar refractivity (Wildman–Crippen MR) is 175 cm³/mol. The van der Waals surface area contributed by atoms with Crippen molar-refractivity contribution in [2.45, 2.75) is 56.3 Å². The van der Waals surface area contributed by atoms with Crippen LogP contribution in [0.15, 0.2) is 66.7 Å². The maximum Gasteiger partial charge on any atom is 0.255 e. The summed E-state index contributed by atoms with van der Waals surface area (Å²) in [6, 6.07) is 17.1. The van der Waals surface area contributed by atoms with Crippen LogP contribution in [0.5, 0.6) is 0 Å². The Morgan fingerprint density at radius 3 is 2.31 bits per heavy atom. The molecule has 1 aliphatic carbocycles. The van der Waals surface area contributed by atoms with Crippen LogP contribution >= 0.6 is 23.2 Å².